The maximum Gasteiger partial charge on any atom is 0.219 e. The number of ether oxygens (including phenoxy) is 1. The van der Waals surface area contributed by atoms with Crippen molar-refractivity contribution in [2.75, 3.05) is 0 Å². The Labute approximate surface area is 157 Å². The molecule has 0 saturated heterocycles. The third kappa shape index (κ3) is 3.19. The summed E-state index contributed by atoms with van der Waals surface area (Å²) in [6.07, 6.45) is 5.89. The molecule has 3 rings (SSSR count). The van der Waals surface area contributed by atoms with Crippen LogP contribution in [-0.2, 0) is 17.8 Å². The second-order valence-electron chi connectivity index (χ2n) is 8.54. The van der Waals surface area contributed by atoms with Crippen LogP contribution in [0.4, 0.5) is 0 Å². The number of amides is 1. The molecule has 144 valence electrons. The topological polar surface area (TPSA) is 58.6 Å². The number of carbonyl (C=O) groups excluding carboxylic acids is 1. The predicted molar refractivity (Wildman–Crippen MR) is 104 cm³/mol. The summed E-state index contributed by atoms with van der Waals surface area (Å²) in [6, 6.07) is 0. The van der Waals surface area contributed by atoms with Gasteiger partial charge in [-0.25, -0.2) is 0 Å². The minimum Gasteiger partial charge on any atom is -0.507 e. The number of fused-ring (bicyclic) bond motifs is 1. The predicted octanol–water partition coefficient (Wildman–Crippen LogP) is 4.91. The number of nitrogens with one attached hydrogen (secondary N) is 1. The van der Waals surface area contributed by atoms with Crippen molar-refractivity contribution in [2.24, 2.45) is 0 Å². The Morgan fingerprint density at radius 2 is 1.81 bits per heavy atom. The summed E-state index contributed by atoms with van der Waals surface area (Å²) in [6.45, 7) is 10.7. The molecule has 0 aromatic heterocycles. The lowest BCUT2D eigenvalue weighted by Crippen LogP contribution is -2.46. The molecule has 4 nitrogen and oxygen atoms in total. The maximum atomic E-state index is 11.9. The summed E-state index contributed by atoms with van der Waals surface area (Å²) in [5.41, 5.74) is 4.07. The van der Waals surface area contributed by atoms with Gasteiger partial charge in [0.25, 0.3) is 0 Å². The molecule has 1 saturated carbocycles. The van der Waals surface area contributed by atoms with E-state index in [1.807, 2.05) is 6.92 Å². The summed E-state index contributed by atoms with van der Waals surface area (Å²) < 4.78 is 6.63. The normalized spacial score (nSPS) is 17.8. The Kier molecular flexibility index (Phi) is 5.23. The van der Waals surface area contributed by atoms with E-state index >= 15 is 0 Å². The van der Waals surface area contributed by atoms with Crippen LogP contribution in [0.3, 0.4) is 0 Å². The van der Waals surface area contributed by atoms with Gasteiger partial charge in [0, 0.05) is 35.2 Å². The van der Waals surface area contributed by atoms with E-state index in [4.69, 9.17) is 4.74 Å². The molecule has 0 bridgehead atoms. The first-order chi connectivity index (χ1) is 12.3. The first-order valence-electron chi connectivity index (χ1n) is 10.2. The number of hydrogen-bond acceptors (Lipinski definition) is 3. The molecule has 1 spiro atoms. The van der Waals surface area contributed by atoms with Crippen LogP contribution in [-0.4, -0.2) is 16.6 Å². The van der Waals surface area contributed by atoms with E-state index in [1.54, 1.807) is 0 Å². The fourth-order valence-corrected chi connectivity index (χ4v) is 4.50. The Hall–Kier alpha value is -1.71. The van der Waals surface area contributed by atoms with E-state index in [1.165, 1.54) is 6.42 Å². The van der Waals surface area contributed by atoms with Gasteiger partial charge < -0.3 is 15.2 Å². The van der Waals surface area contributed by atoms with E-state index in [9.17, 15) is 9.90 Å². The molecule has 1 aromatic rings. The van der Waals surface area contributed by atoms with E-state index < -0.39 is 0 Å². The quantitative estimate of drug-likeness (QED) is 0.785. The minimum absolute atomic E-state index is 0.0179. The molecule has 1 heterocycles. The van der Waals surface area contributed by atoms with Crippen LogP contribution in [0, 0.1) is 0 Å². The van der Waals surface area contributed by atoms with Crippen molar-refractivity contribution in [2.45, 2.75) is 97.1 Å². The highest BCUT2D eigenvalue weighted by Crippen LogP contribution is 2.52. The fraction of sp³-hybridized carbons (Fsp3) is 0.682. The lowest BCUT2D eigenvalue weighted by molar-refractivity contribution is -0.120. The molecule has 0 atom stereocenters. The Morgan fingerprint density at radius 1 is 1.15 bits per heavy atom. The van der Waals surface area contributed by atoms with Gasteiger partial charge in [-0.05, 0) is 43.9 Å². The summed E-state index contributed by atoms with van der Waals surface area (Å²) in [4.78, 5) is 11.9. The van der Waals surface area contributed by atoms with E-state index in [0.29, 0.717) is 18.7 Å². The highest BCUT2D eigenvalue weighted by Gasteiger charge is 2.44. The molecule has 1 aromatic carbocycles. The van der Waals surface area contributed by atoms with Crippen LogP contribution in [0.15, 0.2) is 0 Å². The second kappa shape index (κ2) is 7.13. The Morgan fingerprint density at radius 3 is 2.31 bits per heavy atom. The van der Waals surface area contributed by atoms with E-state index in [0.717, 1.165) is 53.7 Å². The smallest absolute Gasteiger partial charge is 0.219 e. The molecule has 1 aliphatic carbocycles. The van der Waals surface area contributed by atoms with Gasteiger partial charge in [0.15, 0.2) is 0 Å². The summed E-state index contributed by atoms with van der Waals surface area (Å²) in [5, 5.41) is 14.1. The van der Waals surface area contributed by atoms with Crippen molar-refractivity contribution in [1.82, 2.24) is 5.32 Å². The number of phenols is 1. The molecule has 2 aliphatic rings. The first kappa shape index (κ1) is 19.1. The lowest BCUT2D eigenvalue weighted by atomic mass is 9.72. The fourth-order valence-electron chi connectivity index (χ4n) is 4.50. The highest BCUT2D eigenvalue weighted by atomic mass is 16.5. The van der Waals surface area contributed by atoms with Crippen LogP contribution in [0.1, 0.15) is 101 Å². The number of hydrogen-bond donors (Lipinski definition) is 2. The van der Waals surface area contributed by atoms with Crippen LogP contribution < -0.4 is 10.1 Å². The van der Waals surface area contributed by atoms with Crippen molar-refractivity contribution >= 4 is 5.91 Å². The average molecular weight is 360 g/mol. The molecular formula is C22H33NO3. The van der Waals surface area contributed by atoms with Crippen LogP contribution in [0.25, 0.3) is 0 Å². The number of carbonyl (C=O) groups is 1. The average Bonchev–Trinajstić information content (AvgIpc) is 2.56. The molecular weight excluding hydrogens is 326 g/mol. The van der Waals surface area contributed by atoms with Gasteiger partial charge in [0.2, 0.25) is 5.91 Å². The van der Waals surface area contributed by atoms with E-state index in [2.05, 4.69) is 33.0 Å². The molecule has 2 N–H and O–H groups in total. The standard InChI is InChI=1S/C22H33NO3/c1-6-17(24)23-12-16-19(14(4)5)20(25)18(13(2)3)15-8-11-22(9-7-10-22)26-21(15)16/h13-14,25H,6-12H2,1-5H3,(H,23,24). The largest absolute Gasteiger partial charge is 0.507 e. The van der Waals surface area contributed by atoms with Crippen molar-refractivity contribution in [3.63, 3.8) is 0 Å². The van der Waals surface area contributed by atoms with Crippen molar-refractivity contribution in [3.8, 4) is 11.5 Å². The third-order valence-electron chi connectivity index (χ3n) is 6.06. The van der Waals surface area contributed by atoms with Gasteiger partial charge in [-0.3, -0.25) is 4.79 Å². The summed E-state index contributed by atoms with van der Waals surface area (Å²) in [7, 11) is 0. The molecule has 26 heavy (non-hydrogen) atoms. The third-order valence-corrected chi connectivity index (χ3v) is 6.06. The molecule has 1 amide bonds. The Balaban J connectivity index is 2.16. The van der Waals surface area contributed by atoms with Crippen LogP contribution in [0.2, 0.25) is 0 Å². The second-order valence-corrected chi connectivity index (χ2v) is 8.54. The van der Waals surface area contributed by atoms with Gasteiger partial charge >= 0.3 is 0 Å². The number of aromatic hydroxyl groups is 1. The van der Waals surface area contributed by atoms with Crippen molar-refractivity contribution in [1.29, 1.82) is 0 Å². The summed E-state index contributed by atoms with van der Waals surface area (Å²) in [5.74, 6) is 1.77. The van der Waals surface area contributed by atoms with Crippen LogP contribution >= 0.6 is 0 Å². The molecule has 0 radical (unpaired) electrons. The monoisotopic (exact) mass is 359 g/mol. The van der Waals surface area contributed by atoms with Crippen LogP contribution in [0.5, 0.6) is 11.5 Å². The first-order valence-corrected chi connectivity index (χ1v) is 10.2. The number of phenolic OH excluding ortho intramolecular Hbond substituents is 1. The highest BCUT2D eigenvalue weighted by molar-refractivity contribution is 5.76. The zero-order valence-electron chi connectivity index (χ0n) is 16.9. The van der Waals surface area contributed by atoms with Gasteiger partial charge in [-0.1, -0.05) is 34.6 Å². The molecule has 4 heteroatoms. The van der Waals surface area contributed by atoms with Gasteiger partial charge in [-0.15, -0.1) is 0 Å². The van der Waals surface area contributed by atoms with Gasteiger partial charge in [0.1, 0.15) is 17.1 Å². The molecule has 0 unspecified atom stereocenters. The van der Waals surface area contributed by atoms with Gasteiger partial charge in [0.05, 0.1) is 0 Å². The minimum atomic E-state index is -0.0179. The SMILES string of the molecule is CCC(=O)NCc1c2c(c(C(C)C)c(O)c1C(C)C)CCC1(CCC1)O2. The zero-order chi connectivity index (χ0) is 19.1. The van der Waals surface area contributed by atoms with E-state index in [-0.39, 0.29) is 23.3 Å². The van der Waals surface area contributed by atoms with Crippen molar-refractivity contribution in [3.05, 3.63) is 22.3 Å². The molecule has 1 fully saturated rings. The lowest BCUT2D eigenvalue weighted by Gasteiger charge is -2.47. The zero-order valence-corrected chi connectivity index (χ0v) is 16.9. The molecule has 1 aliphatic heterocycles. The Bertz CT molecular complexity index is 702. The maximum absolute atomic E-state index is 11.9. The number of rotatable bonds is 5. The van der Waals surface area contributed by atoms with Gasteiger partial charge in [-0.2, -0.15) is 0 Å². The van der Waals surface area contributed by atoms with Crippen molar-refractivity contribution < 1.29 is 14.6 Å². The number of benzene rings is 1. The summed E-state index contributed by atoms with van der Waals surface area (Å²) >= 11 is 0.